The number of hydrogen-bond acceptors (Lipinski definition) is 4. The van der Waals surface area contributed by atoms with Crippen molar-refractivity contribution in [2.24, 2.45) is 10.5 Å². The zero-order valence-electron chi connectivity index (χ0n) is 14.4. The summed E-state index contributed by atoms with van der Waals surface area (Å²) in [5.41, 5.74) is 2.81. The lowest BCUT2D eigenvalue weighted by molar-refractivity contribution is -0.158. The molecule has 1 amide bonds. The molecule has 3 rings (SSSR count). The quantitative estimate of drug-likeness (QED) is 0.365. The molecule has 2 aromatic rings. The highest BCUT2D eigenvalue weighted by Gasteiger charge is 2.53. The average molecular weight is 368 g/mol. The van der Waals surface area contributed by atoms with Crippen LogP contribution in [0, 0.1) is 5.41 Å². The molecule has 0 aliphatic heterocycles. The second kappa shape index (κ2) is 7.66. The van der Waals surface area contributed by atoms with Crippen LogP contribution in [0.2, 0.25) is 0 Å². The van der Waals surface area contributed by atoms with Crippen molar-refractivity contribution in [2.75, 3.05) is 0 Å². The van der Waals surface area contributed by atoms with Crippen LogP contribution in [-0.4, -0.2) is 23.2 Å². The third kappa shape index (κ3) is 3.46. The van der Waals surface area contributed by atoms with Crippen LogP contribution in [0.15, 0.2) is 64.6 Å². The van der Waals surface area contributed by atoms with E-state index in [-0.39, 0.29) is 6.42 Å². The molecule has 0 saturated carbocycles. The van der Waals surface area contributed by atoms with Crippen LogP contribution in [0.5, 0.6) is 0 Å². The van der Waals surface area contributed by atoms with Gasteiger partial charge in [0.25, 0.3) is 5.91 Å². The summed E-state index contributed by atoms with van der Waals surface area (Å²) in [4.78, 5) is 26.1. The zero-order chi connectivity index (χ0) is 18.6. The number of nitrogens with one attached hydrogen (secondary N) is 1. The normalized spacial score (nSPS) is 22.8. The number of nitrogens with zero attached hydrogens (tertiary/aromatic N) is 1. The second-order valence-electron chi connectivity index (χ2n) is 6.41. The molecule has 0 fully saturated rings. The fourth-order valence-electron chi connectivity index (χ4n) is 3.35. The van der Waals surface area contributed by atoms with E-state index in [0.717, 1.165) is 16.0 Å². The largest absolute Gasteiger partial charge is 0.480 e. The molecule has 0 spiro atoms. The summed E-state index contributed by atoms with van der Waals surface area (Å²) in [6.45, 7) is 1.97. The number of carbonyl (C=O) groups excluding carboxylic acids is 1. The van der Waals surface area contributed by atoms with Crippen molar-refractivity contribution in [3.63, 3.8) is 0 Å². The second-order valence-corrected chi connectivity index (χ2v) is 7.39. The van der Waals surface area contributed by atoms with Crippen molar-refractivity contribution in [2.45, 2.75) is 25.7 Å². The maximum atomic E-state index is 12.9. The van der Waals surface area contributed by atoms with Gasteiger partial charge < -0.3 is 5.11 Å². The molecule has 0 unspecified atom stereocenters. The molecule has 0 radical (unpaired) electrons. The molecule has 2 atom stereocenters. The van der Waals surface area contributed by atoms with E-state index in [1.54, 1.807) is 0 Å². The first-order chi connectivity index (χ1) is 12.5. The number of amides is 1. The van der Waals surface area contributed by atoms with Gasteiger partial charge in [-0.2, -0.15) is 5.10 Å². The molecule has 0 bridgehead atoms. The van der Waals surface area contributed by atoms with Gasteiger partial charge in [0.15, 0.2) is 5.41 Å². The molecule has 1 aromatic carbocycles. The van der Waals surface area contributed by atoms with Crippen LogP contribution < -0.4 is 5.43 Å². The van der Waals surface area contributed by atoms with E-state index in [0.29, 0.717) is 6.42 Å². The van der Waals surface area contributed by atoms with Crippen molar-refractivity contribution in [3.8, 4) is 0 Å². The molecule has 0 saturated heterocycles. The molecule has 2 N–H and O–H groups in total. The highest BCUT2D eigenvalue weighted by atomic mass is 32.1. The fraction of sp³-hybridized carbons (Fsp3) is 0.250. The SMILES string of the molecule is CC1=CC[C@](C(=O)O)(C(=O)N/N=C\c2cccs2)[C@H](c2ccccc2)C1. The topological polar surface area (TPSA) is 78.8 Å². The minimum atomic E-state index is -1.58. The Bertz CT molecular complexity index is 843. The van der Waals surface area contributed by atoms with Crippen LogP contribution in [0.4, 0.5) is 0 Å². The lowest BCUT2D eigenvalue weighted by atomic mass is 9.64. The summed E-state index contributed by atoms with van der Waals surface area (Å²) in [5.74, 6) is -2.16. The van der Waals surface area contributed by atoms with Crippen molar-refractivity contribution < 1.29 is 14.7 Å². The molecule has 134 valence electrons. The number of carbonyl (C=O) groups is 2. The third-order valence-electron chi connectivity index (χ3n) is 4.78. The number of thiophene rings is 1. The first-order valence-corrected chi connectivity index (χ1v) is 9.23. The van der Waals surface area contributed by atoms with Gasteiger partial charge in [-0.05, 0) is 36.8 Å². The summed E-state index contributed by atoms with van der Waals surface area (Å²) >= 11 is 1.49. The van der Waals surface area contributed by atoms with Crippen LogP contribution in [0.1, 0.15) is 36.1 Å². The van der Waals surface area contributed by atoms with Crippen LogP contribution in [-0.2, 0) is 9.59 Å². The summed E-state index contributed by atoms with van der Waals surface area (Å²) in [6.07, 6.45) is 4.04. The molecule has 1 aliphatic rings. The molecule has 1 heterocycles. The Morgan fingerprint density at radius 1 is 1.27 bits per heavy atom. The lowest BCUT2D eigenvalue weighted by Crippen LogP contribution is -2.50. The number of rotatable bonds is 5. The highest BCUT2D eigenvalue weighted by molar-refractivity contribution is 7.11. The first-order valence-electron chi connectivity index (χ1n) is 8.35. The molecule has 1 aromatic heterocycles. The summed E-state index contributed by atoms with van der Waals surface area (Å²) in [5, 5.41) is 15.9. The van der Waals surface area contributed by atoms with Crippen molar-refractivity contribution >= 4 is 29.4 Å². The summed E-state index contributed by atoms with van der Waals surface area (Å²) < 4.78 is 0. The Morgan fingerprint density at radius 2 is 2.04 bits per heavy atom. The Morgan fingerprint density at radius 3 is 2.69 bits per heavy atom. The number of carboxylic acids is 1. The number of carboxylic acid groups (broad SMARTS) is 1. The van der Waals surface area contributed by atoms with Crippen LogP contribution in [0.3, 0.4) is 0 Å². The number of aliphatic carboxylic acids is 1. The van der Waals surface area contributed by atoms with E-state index < -0.39 is 23.2 Å². The Hall–Kier alpha value is -2.73. The Kier molecular flexibility index (Phi) is 5.32. The number of benzene rings is 1. The van der Waals surface area contributed by atoms with Gasteiger partial charge in [-0.15, -0.1) is 11.3 Å². The highest BCUT2D eigenvalue weighted by Crippen LogP contribution is 2.47. The van der Waals surface area contributed by atoms with E-state index in [2.05, 4.69) is 10.5 Å². The zero-order valence-corrected chi connectivity index (χ0v) is 15.2. The molecule has 6 heteroatoms. The molecule has 5 nitrogen and oxygen atoms in total. The maximum Gasteiger partial charge on any atom is 0.320 e. The van der Waals surface area contributed by atoms with Crippen LogP contribution >= 0.6 is 11.3 Å². The minimum Gasteiger partial charge on any atom is -0.480 e. The smallest absolute Gasteiger partial charge is 0.320 e. The third-order valence-corrected chi connectivity index (χ3v) is 5.59. The van der Waals surface area contributed by atoms with Crippen LogP contribution in [0.25, 0.3) is 0 Å². The first kappa shape index (κ1) is 18.1. The maximum absolute atomic E-state index is 12.9. The van der Waals surface area contributed by atoms with E-state index in [9.17, 15) is 14.7 Å². The Balaban J connectivity index is 1.93. The van der Waals surface area contributed by atoms with Crippen molar-refractivity contribution in [3.05, 3.63) is 69.9 Å². The van der Waals surface area contributed by atoms with E-state index in [1.807, 2.05) is 60.8 Å². The van der Waals surface area contributed by atoms with Gasteiger partial charge in [-0.25, -0.2) is 5.43 Å². The predicted octanol–water partition coefficient (Wildman–Crippen LogP) is 3.79. The van der Waals surface area contributed by atoms with Gasteiger partial charge in [-0.3, -0.25) is 9.59 Å². The van der Waals surface area contributed by atoms with Gasteiger partial charge in [0.1, 0.15) is 0 Å². The number of hydrazone groups is 1. The fourth-order valence-corrected chi connectivity index (χ4v) is 3.93. The molecule has 1 aliphatic carbocycles. The monoisotopic (exact) mass is 368 g/mol. The standard InChI is InChI=1S/C20H20N2O3S/c1-14-9-10-20(19(24)25,17(12-14)15-6-3-2-4-7-15)18(23)22-21-13-16-8-5-11-26-16/h2-9,11,13,17H,10,12H2,1H3,(H,22,23)(H,24,25)/b21-13-/t17-,20+/m0/s1. The average Bonchev–Trinajstić information content (AvgIpc) is 3.15. The Labute approximate surface area is 156 Å². The van der Waals surface area contributed by atoms with Crippen molar-refractivity contribution in [1.29, 1.82) is 0 Å². The van der Waals surface area contributed by atoms with E-state index >= 15 is 0 Å². The number of hydrogen-bond donors (Lipinski definition) is 2. The predicted molar refractivity (Wildman–Crippen MR) is 102 cm³/mol. The van der Waals surface area contributed by atoms with Gasteiger partial charge in [-0.1, -0.05) is 48.0 Å². The molecular formula is C20H20N2O3S. The van der Waals surface area contributed by atoms with E-state index in [4.69, 9.17) is 0 Å². The summed E-state index contributed by atoms with van der Waals surface area (Å²) in [7, 11) is 0. The van der Waals surface area contributed by atoms with Gasteiger partial charge in [0.05, 0.1) is 6.21 Å². The van der Waals surface area contributed by atoms with Gasteiger partial charge in [0.2, 0.25) is 0 Å². The van der Waals surface area contributed by atoms with Gasteiger partial charge >= 0.3 is 5.97 Å². The number of allylic oxidation sites excluding steroid dienone is 2. The van der Waals surface area contributed by atoms with Gasteiger partial charge in [0, 0.05) is 10.8 Å². The van der Waals surface area contributed by atoms with Crippen molar-refractivity contribution in [1.82, 2.24) is 5.43 Å². The lowest BCUT2D eigenvalue weighted by Gasteiger charge is -2.38. The minimum absolute atomic E-state index is 0.147. The molecular weight excluding hydrogens is 348 g/mol. The molecule has 26 heavy (non-hydrogen) atoms. The summed E-state index contributed by atoms with van der Waals surface area (Å²) in [6, 6.07) is 13.1. The van der Waals surface area contributed by atoms with E-state index in [1.165, 1.54) is 17.6 Å².